The van der Waals surface area contributed by atoms with E-state index in [9.17, 15) is 9.13 Å². The lowest BCUT2D eigenvalue weighted by Gasteiger charge is -2.43. The summed E-state index contributed by atoms with van der Waals surface area (Å²) < 4.78 is 49.4. The lowest BCUT2D eigenvalue weighted by molar-refractivity contribution is 0.173. The Balaban J connectivity index is 3.48. The van der Waals surface area contributed by atoms with Gasteiger partial charge >= 0.3 is 15.2 Å². The van der Waals surface area contributed by atoms with Crippen LogP contribution >= 0.6 is 15.2 Å². The Hall–Kier alpha value is 0.0400. The summed E-state index contributed by atoms with van der Waals surface area (Å²) in [6.45, 7) is 9.82. The summed E-state index contributed by atoms with van der Waals surface area (Å²) in [6, 6.07) is 0. The van der Waals surface area contributed by atoms with Gasteiger partial charge in [-0.3, -0.25) is 9.13 Å². The molecule has 1 aliphatic rings. The van der Waals surface area contributed by atoms with Crippen molar-refractivity contribution in [2.75, 3.05) is 26.4 Å². The van der Waals surface area contributed by atoms with E-state index in [0.29, 0.717) is 19.3 Å². The Morgan fingerprint density at radius 2 is 1.30 bits per heavy atom. The molecule has 0 unspecified atom stereocenters. The Kier molecular flexibility index (Phi) is 8.19. The highest BCUT2D eigenvalue weighted by molar-refractivity contribution is 7.74. The maximum Gasteiger partial charge on any atom is 0.349 e. The zero-order valence-corrected chi connectivity index (χ0v) is 16.7. The highest BCUT2D eigenvalue weighted by atomic mass is 31.2. The first-order valence-electron chi connectivity index (χ1n) is 8.28. The van der Waals surface area contributed by atoms with Crippen molar-refractivity contribution in [3.8, 4) is 0 Å². The molecule has 0 aliphatic heterocycles. The molecule has 0 aromatic carbocycles. The normalized spacial score (nSPS) is 18.7. The van der Waals surface area contributed by atoms with E-state index in [1.165, 1.54) is 5.57 Å². The SMILES string of the molecule is CCOP(=O)(OCC)C1(P(=O)(OCC)OCC)CC=C(C)CC1. The van der Waals surface area contributed by atoms with Crippen LogP contribution in [0.25, 0.3) is 0 Å². The minimum Gasteiger partial charge on any atom is -0.308 e. The molecule has 0 atom stereocenters. The fourth-order valence-corrected chi connectivity index (χ4v) is 8.59. The van der Waals surface area contributed by atoms with E-state index in [4.69, 9.17) is 18.1 Å². The summed E-state index contributed by atoms with van der Waals surface area (Å²) in [7, 11) is -7.38. The van der Waals surface area contributed by atoms with Gasteiger partial charge in [-0.25, -0.2) is 0 Å². The number of rotatable bonds is 10. The first kappa shape index (κ1) is 21.1. The predicted molar refractivity (Wildman–Crippen MR) is 92.1 cm³/mol. The van der Waals surface area contributed by atoms with Gasteiger partial charge in [-0.05, 0) is 53.9 Å². The predicted octanol–water partition coefficient (Wildman–Crippen LogP) is 5.35. The quantitative estimate of drug-likeness (QED) is 0.383. The van der Waals surface area contributed by atoms with Gasteiger partial charge in [0.2, 0.25) is 0 Å². The fraction of sp³-hybridized carbons (Fsp3) is 0.867. The van der Waals surface area contributed by atoms with Crippen molar-refractivity contribution >= 4 is 15.2 Å². The molecule has 0 aromatic rings. The van der Waals surface area contributed by atoms with E-state index in [2.05, 4.69) is 0 Å². The first-order chi connectivity index (χ1) is 10.8. The van der Waals surface area contributed by atoms with Crippen LogP contribution < -0.4 is 0 Å². The summed E-state index contributed by atoms with van der Waals surface area (Å²) in [5.74, 6) is 0. The van der Waals surface area contributed by atoms with E-state index in [-0.39, 0.29) is 26.4 Å². The van der Waals surface area contributed by atoms with Gasteiger partial charge in [-0.2, -0.15) is 0 Å². The molecule has 136 valence electrons. The molecule has 8 heteroatoms. The second-order valence-electron chi connectivity index (χ2n) is 5.40. The van der Waals surface area contributed by atoms with E-state index >= 15 is 0 Å². The summed E-state index contributed by atoms with van der Waals surface area (Å²) in [6.07, 6.45) is 3.30. The molecule has 0 bridgehead atoms. The minimum absolute atomic E-state index is 0.208. The van der Waals surface area contributed by atoms with Crippen LogP contribution in [0.1, 0.15) is 53.9 Å². The average molecular weight is 368 g/mol. The Bertz CT molecular complexity index is 452. The smallest absolute Gasteiger partial charge is 0.308 e. The van der Waals surface area contributed by atoms with E-state index < -0.39 is 20.1 Å². The largest absolute Gasteiger partial charge is 0.349 e. The van der Waals surface area contributed by atoms with Crippen LogP contribution in [0.4, 0.5) is 0 Å². The lowest BCUT2D eigenvalue weighted by atomic mass is 10.00. The number of allylic oxidation sites excluding steroid dienone is 2. The van der Waals surface area contributed by atoms with Crippen LogP contribution in [-0.2, 0) is 27.2 Å². The van der Waals surface area contributed by atoms with Crippen LogP contribution in [0, 0.1) is 0 Å². The minimum atomic E-state index is -3.69. The van der Waals surface area contributed by atoms with Crippen molar-refractivity contribution in [2.45, 2.75) is 58.8 Å². The van der Waals surface area contributed by atoms with E-state index in [1.54, 1.807) is 27.7 Å². The molecule has 0 fully saturated rings. The highest BCUT2D eigenvalue weighted by Gasteiger charge is 2.64. The molecule has 0 heterocycles. The third kappa shape index (κ3) is 4.18. The number of hydrogen-bond donors (Lipinski definition) is 0. The zero-order valence-electron chi connectivity index (χ0n) is 14.9. The molecule has 0 saturated heterocycles. The zero-order chi connectivity index (χ0) is 17.6. The second-order valence-corrected chi connectivity index (χ2v) is 10.5. The summed E-state index contributed by atoms with van der Waals surface area (Å²) in [4.78, 5) is -1.28. The molecular formula is C15H30O6P2. The summed E-state index contributed by atoms with van der Waals surface area (Å²) in [5.41, 5.74) is 1.17. The van der Waals surface area contributed by atoms with Crippen LogP contribution in [0.2, 0.25) is 0 Å². The molecule has 0 saturated carbocycles. The molecule has 6 nitrogen and oxygen atoms in total. The maximum atomic E-state index is 13.6. The molecule has 0 amide bonds. The number of hydrogen-bond acceptors (Lipinski definition) is 6. The topological polar surface area (TPSA) is 71.1 Å². The molecule has 1 rings (SSSR count). The van der Waals surface area contributed by atoms with Crippen molar-refractivity contribution in [3.63, 3.8) is 0 Å². The molecule has 1 aliphatic carbocycles. The van der Waals surface area contributed by atoms with Crippen molar-refractivity contribution in [2.24, 2.45) is 0 Å². The van der Waals surface area contributed by atoms with Crippen molar-refractivity contribution in [3.05, 3.63) is 11.6 Å². The summed E-state index contributed by atoms with van der Waals surface area (Å²) in [5, 5.41) is 0. The van der Waals surface area contributed by atoms with Gasteiger partial charge in [0.1, 0.15) is 0 Å². The van der Waals surface area contributed by atoms with Gasteiger partial charge in [0.15, 0.2) is 4.90 Å². The van der Waals surface area contributed by atoms with Gasteiger partial charge in [-0.1, -0.05) is 11.6 Å². The third-order valence-corrected chi connectivity index (χ3v) is 10.6. The molecule has 0 N–H and O–H groups in total. The second kappa shape index (κ2) is 8.94. The van der Waals surface area contributed by atoms with Crippen molar-refractivity contribution in [1.82, 2.24) is 0 Å². The lowest BCUT2D eigenvalue weighted by Crippen LogP contribution is -2.34. The van der Waals surface area contributed by atoms with Gasteiger partial charge in [0.05, 0.1) is 26.4 Å². The summed E-state index contributed by atoms with van der Waals surface area (Å²) >= 11 is 0. The highest BCUT2D eigenvalue weighted by Crippen LogP contribution is 2.81. The first-order valence-corrected chi connectivity index (χ1v) is 11.4. The molecule has 23 heavy (non-hydrogen) atoms. The van der Waals surface area contributed by atoms with Crippen molar-refractivity contribution < 1.29 is 27.2 Å². The van der Waals surface area contributed by atoms with Crippen LogP contribution in [0.15, 0.2) is 11.6 Å². The van der Waals surface area contributed by atoms with Gasteiger partial charge < -0.3 is 18.1 Å². The molecule has 0 spiro atoms. The Morgan fingerprint density at radius 3 is 1.57 bits per heavy atom. The molecule has 0 radical (unpaired) electrons. The fourth-order valence-electron chi connectivity index (χ4n) is 2.82. The van der Waals surface area contributed by atoms with Gasteiger partial charge in [0.25, 0.3) is 0 Å². The van der Waals surface area contributed by atoms with Crippen LogP contribution in [0.3, 0.4) is 0 Å². The van der Waals surface area contributed by atoms with Crippen LogP contribution in [-0.4, -0.2) is 31.3 Å². The van der Waals surface area contributed by atoms with E-state index in [1.807, 2.05) is 13.0 Å². The average Bonchev–Trinajstić information content (AvgIpc) is 2.48. The van der Waals surface area contributed by atoms with E-state index in [0.717, 1.165) is 0 Å². The molecular weight excluding hydrogens is 338 g/mol. The standard InChI is InChI=1S/C15H30O6P2/c1-6-18-22(16,19-7-2)15(12-10-14(5)11-13-15)23(17,20-8-3)21-9-4/h10H,6-9,11-13H2,1-5H3. The molecule has 0 aromatic heterocycles. The Morgan fingerprint density at radius 1 is 0.913 bits per heavy atom. The third-order valence-electron chi connectivity index (χ3n) is 3.91. The van der Waals surface area contributed by atoms with Gasteiger partial charge in [-0.15, -0.1) is 0 Å². The van der Waals surface area contributed by atoms with Crippen LogP contribution in [0.5, 0.6) is 0 Å². The van der Waals surface area contributed by atoms with Crippen molar-refractivity contribution in [1.29, 1.82) is 0 Å². The monoisotopic (exact) mass is 368 g/mol. The maximum absolute atomic E-state index is 13.6. The van der Waals surface area contributed by atoms with Gasteiger partial charge in [0, 0.05) is 0 Å². The Labute approximate surface area is 140 Å².